The number of thiophene rings is 1. The van der Waals surface area contributed by atoms with Crippen LogP contribution in [0.1, 0.15) is 0 Å². The average Bonchev–Trinajstić information content (AvgIpc) is 3.18. The number of hydrogen-bond donors (Lipinski definition) is 1. The maximum Gasteiger partial charge on any atom is 0.342 e. The molecule has 4 nitrogen and oxygen atoms in total. The summed E-state index contributed by atoms with van der Waals surface area (Å²) in [5.74, 6) is 0.247. The Morgan fingerprint density at radius 2 is 1.78 bits per heavy atom. The van der Waals surface area contributed by atoms with Crippen LogP contribution in [-0.4, -0.2) is 9.94 Å². The minimum Gasteiger partial charge on any atom is -0.710 e. The molecule has 0 fully saturated rings. The van der Waals surface area contributed by atoms with Crippen molar-refractivity contribution in [2.24, 2.45) is 0 Å². The molecule has 112 valence electrons. The van der Waals surface area contributed by atoms with Crippen LogP contribution in [0, 0.1) is 5.21 Å². The second-order valence-corrected chi connectivity index (χ2v) is 7.90. The zero-order valence-corrected chi connectivity index (χ0v) is 14.1. The van der Waals surface area contributed by atoms with E-state index < -0.39 is 0 Å². The fraction of sp³-hybridized carbons (Fsp3) is 0. The average molecular weight is 385 g/mol. The van der Waals surface area contributed by atoms with Gasteiger partial charge in [-0.1, -0.05) is 24.3 Å². The van der Waals surface area contributed by atoms with Crippen LogP contribution in [0.4, 0.5) is 0 Å². The molecule has 0 saturated carbocycles. The van der Waals surface area contributed by atoms with Crippen molar-refractivity contribution in [3.63, 3.8) is 0 Å². The van der Waals surface area contributed by atoms with Crippen molar-refractivity contribution in [3.8, 4) is 33.2 Å². The number of fused-ring (bicyclic) bond motifs is 3. The first-order valence-corrected chi connectivity index (χ1v) is 8.63. The van der Waals surface area contributed by atoms with Gasteiger partial charge in [0.05, 0.1) is 3.79 Å². The summed E-state index contributed by atoms with van der Waals surface area (Å²) in [5, 5.41) is 25.7. The van der Waals surface area contributed by atoms with Crippen molar-refractivity contribution in [2.45, 2.75) is 0 Å². The van der Waals surface area contributed by atoms with Crippen LogP contribution in [0.3, 0.4) is 0 Å². The Hall–Kier alpha value is -2.31. The summed E-state index contributed by atoms with van der Waals surface area (Å²) in [7, 11) is 0. The Labute approximate surface area is 143 Å². The predicted octanol–water partition coefficient (Wildman–Crippen LogP) is 4.65. The minimum atomic E-state index is 0.247. The fourth-order valence-electron chi connectivity index (χ4n) is 3.35. The van der Waals surface area contributed by atoms with E-state index in [-0.39, 0.29) is 5.82 Å². The lowest BCUT2D eigenvalue weighted by Crippen LogP contribution is -2.29. The number of rotatable bonds is 1. The van der Waals surface area contributed by atoms with Gasteiger partial charge in [-0.05, 0) is 50.3 Å². The molecular formula is C17H9BrN2O2S. The number of nitrogens with zero attached hydrogens (tertiary/aromatic N) is 2. The third kappa shape index (κ3) is 1.57. The Morgan fingerprint density at radius 1 is 1.04 bits per heavy atom. The quantitative estimate of drug-likeness (QED) is 0.259. The second kappa shape index (κ2) is 4.37. The summed E-state index contributed by atoms with van der Waals surface area (Å²) in [6.45, 7) is 0. The van der Waals surface area contributed by atoms with Gasteiger partial charge in [0.1, 0.15) is 4.88 Å². The third-order valence-electron chi connectivity index (χ3n) is 4.24. The molecule has 23 heavy (non-hydrogen) atoms. The summed E-state index contributed by atoms with van der Waals surface area (Å²) in [4.78, 5) is 0.716. The van der Waals surface area contributed by atoms with E-state index in [1.165, 1.54) is 11.3 Å². The molecule has 0 amide bonds. The molecule has 2 aromatic heterocycles. The van der Waals surface area contributed by atoms with Crippen molar-refractivity contribution >= 4 is 38.0 Å². The number of aromatic nitrogens is 2. The Kier molecular flexibility index (Phi) is 2.50. The van der Waals surface area contributed by atoms with Crippen LogP contribution in [0.15, 0.2) is 52.3 Å². The highest BCUT2D eigenvalue weighted by Crippen LogP contribution is 2.47. The molecule has 0 atom stereocenters. The molecule has 4 aromatic rings. The van der Waals surface area contributed by atoms with E-state index in [9.17, 15) is 10.4 Å². The molecule has 1 aliphatic rings. The summed E-state index contributed by atoms with van der Waals surface area (Å²) in [5.41, 5.74) is 2.83. The van der Waals surface area contributed by atoms with Crippen LogP contribution in [0.2, 0.25) is 0 Å². The highest BCUT2D eigenvalue weighted by Gasteiger charge is 2.38. The van der Waals surface area contributed by atoms with Gasteiger partial charge in [-0.3, -0.25) is 0 Å². The van der Waals surface area contributed by atoms with Crippen LogP contribution >= 0.6 is 27.3 Å². The largest absolute Gasteiger partial charge is 0.710 e. The van der Waals surface area contributed by atoms with Gasteiger partial charge in [-0.25, -0.2) is 4.73 Å². The van der Waals surface area contributed by atoms with Crippen molar-refractivity contribution in [2.75, 3.05) is 0 Å². The van der Waals surface area contributed by atoms with E-state index in [1.54, 1.807) is 0 Å². The number of halogens is 1. The Morgan fingerprint density at radius 3 is 2.48 bits per heavy atom. The van der Waals surface area contributed by atoms with E-state index in [4.69, 9.17) is 0 Å². The molecule has 6 heteroatoms. The zero-order valence-electron chi connectivity index (χ0n) is 11.7. The molecule has 0 saturated heterocycles. The topological polar surface area (TPSA) is 52.1 Å². The highest BCUT2D eigenvalue weighted by molar-refractivity contribution is 9.11. The summed E-state index contributed by atoms with van der Waals surface area (Å²) in [6, 6.07) is 15.5. The first kappa shape index (κ1) is 13.2. The van der Waals surface area contributed by atoms with E-state index in [1.807, 2.05) is 48.5 Å². The summed E-state index contributed by atoms with van der Waals surface area (Å²) < 4.78 is 2.77. The molecule has 5 rings (SSSR count). The van der Waals surface area contributed by atoms with Crippen molar-refractivity contribution < 1.29 is 9.94 Å². The van der Waals surface area contributed by atoms with Gasteiger partial charge in [0.2, 0.25) is 5.69 Å². The molecule has 2 aromatic carbocycles. The van der Waals surface area contributed by atoms with Crippen molar-refractivity contribution in [1.82, 2.24) is 4.73 Å². The standard InChI is InChI=1S/C17H9BrN2O2S/c18-13-8-7-12(23-13)17-19(21)15-10-5-1-3-9-4-2-6-11(14(9)10)16(15)20(17)22/h1-8,21H. The van der Waals surface area contributed by atoms with Crippen molar-refractivity contribution in [3.05, 3.63) is 57.5 Å². The van der Waals surface area contributed by atoms with E-state index in [2.05, 4.69) is 15.9 Å². The smallest absolute Gasteiger partial charge is 0.342 e. The fourth-order valence-corrected chi connectivity index (χ4v) is 4.75. The van der Waals surface area contributed by atoms with Gasteiger partial charge in [0.15, 0.2) is 5.69 Å². The van der Waals surface area contributed by atoms with E-state index in [0.29, 0.717) is 16.3 Å². The zero-order chi connectivity index (χ0) is 15.7. The lowest BCUT2D eigenvalue weighted by Gasteiger charge is -2.06. The maximum atomic E-state index is 12.9. The predicted molar refractivity (Wildman–Crippen MR) is 93.5 cm³/mol. The van der Waals surface area contributed by atoms with Crippen LogP contribution in [0.5, 0.6) is 0 Å². The highest BCUT2D eigenvalue weighted by atomic mass is 79.9. The maximum absolute atomic E-state index is 12.9. The summed E-state index contributed by atoms with van der Waals surface area (Å²) >= 11 is 4.82. The molecular weight excluding hydrogens is 376 g/mol. The number of hydrogen-bond acceptors (Lipinski definition) is 3. The molecule has 0 spiro atoms. The van der Waals surface area contributed by atoms with Gasteiger partial charge in [0, 0.05) is 16.5 Å². The molecule has 0 unspecified atom stereocenters. The first-order valence-electron chi connectivity index (χ1n) is 7.02. The third-order valence-corrected chi connectivity index (χ3v) is 5.86. The van der Waals surface area contributed by atoms with E-state index >= 15 is 0 Å². The van der Waals surface area contributed by atoms with Crippen molar-refractivity contribution in [1.29, 1.82) is 0 Å². The Balaban J connectivity index is 1.91. The molecule has 1 N–H and O–H groups in total. The Bertz CT molecular complexity index is 1050. The van der Waals surface area contributed by atoms with Gasteiger partial charge < -0.3 is 10.4 Å². The van der Waals surface area contributed by atoms with E-state index in [0.717, 1.165) is 35.1 Å². The molecule has 1 aliphatic carbocycles. The van der Waals surface area contributed by atoms with Crippen LogP contribution < -0.4 is 4.73 Å². The number of benzene rings is 2. The van der Waals surface area contributed by atoms with Crippen LogP contribution in [0.25, 0.3) is 44.0 Å². The van der Waals surface area contributed by atoms with Crippen LogP contribution in [-0.2, 0) is 0 Å². The van der Waals surface area contributed by atoms with Gasteiger partial charge in [-0.2, -0.15) is 0 Å². The first-order chi connectivity index (χ1) is 11.2. The molecule has 2 heterocycles. The lowest BCUT2D eigenvalue weighted by molar-refractivity contribution is -0.582. The lowest BCUT2D eigenvalue weighted by atomic mass is 10.0. The second-order valence-electron chi connectivity index (χ2n) is 5.44. The summed E-state index contributed by atoms with van der Waals surface area (Å²) in [6.07, 6.45) is 0. The molecule has 0 radical (unpaired) electrons. The normalized spacial score (nSPS) is 12.0. The van der Waals surface area contributed by atoms with Gasteiger partial charge in [-0.15, -0.1) is 11.3 Å². The SMILES string of the molecule is [O-][n+]1c2c(n(O)c1-c1ccc(Br)s1)-c1cccc3cccc-2c13. The number of imidazole rings is 1. The monoisotopic (exact) mass is 384 g/mol. The molecule has 0 aliphatic heterocycles. The van der Waals surface area contributed by atoms with Gasteiger partial charge >= 0.3 is 5.82 Å². The molecule has 0 bridgehead atoms. The van der Waals surface area contributed by atoms with Gasteiger partial charge in [0.25, 0.3) is 0 Å². The minimum absolute atomic E-state index is 0.247.